The summed E-state index contributed by atoms with van der Waals surface area (Å²) in [4.78, 5) is 11.1. The minimum absolute atomic E-state index is 0.0532. The zero-order chi connectivity index (χ0) is 8.98. The van der Waals surface area contributed by atoms with Crippen LogP contribution in [0.2, 0.25) is 0 Å². The Balaban J connectivity index is 2.48. The highest BCUT2D eigenvalue weighted by Crippen LogP contribution is 2.65. The van der Waals surface area contributed by atoms with Crippen molar-refractivity contribution in [1.29, 1.82) is 0 Å². The van der Waals surface area contributed by atoms with Crippen LogP contribution in [0.3, 0.4) is 0 Å². The molecule has 2 bridgehead atoms. The number of carbonyl (C=O) groups excluding carboxylic acids is 1. The third-order valence-corrected chi connectivity index (χ3v) is 4.32. The highest BCUT2D eigenvalue weighted by Gasteiger charge is 2.58. The molecule has 1 nitrogen and oxygen atoms in total. The summed E-state index contributed by atoms with van der Waals surface area (Å²) < 4.78 is 0. The maximum Gasteiger partial charge on any atom is 0.127 e. The van der Waals surface area contributed by atoms with Crippen molar-refractivity contribution in [2.24, 2.45) is 16.7 Å². The molecule has 0 heterocycles. The molecule has 2 fully saturated rings. The molecule has 0 aliphatic heterocycles. The van der Waals surface area contributed by atoms with Crippen molar-refractivity contribution in [2.45, 2.75) is 33.1 Å². The molecule has 0 amide bonds. The fourth-order valence-electron chi connectivity index (χ4n) is 3.03. The summed E-state index contributed by atoms with van der Waals surface area (Å²) in [5, 5.41) is 0. The molecule has 2 atom stereocenters. The first-order valence-electron chi connectivity index (χ1n) is 4.69. The topological polar surface area (TPSA) is 17.1 Å². The lowest BCUT2D eigenvalue weighted by molar-refractivity contribution is -0.119. The third-order valence-electron chi connectivity index (χ3n) is 4.32. The lowest BCUT2D eigenvalue weighted by atomic mass is 9.64. The molecule has 2 aliphatic rings. The maximum atomic E-state index is 11.1. The number of allylic oxidation sites excluding steroid dienone is 1. The Labute approximate surface area is 73.8 Å². The summed E-state index contributed by atoms with van der Waals surface area (Å²) in [6, 6.07) is 0. The van der Waals surface area contributed by atoms with Gasteiger partial charge in [0.15, 0.2) is 0 Å². The Kier molecular flexibility index (Phi) is 1.35. The van der Waals surface area contributed by atoms with Crippen LogP contribution in [0.15, 0.2) is 12.2 Å². The van der Waals surface area contributed by atoms with Gasteiger partial charge in [0.05, 0.1) is 0 Å². The minimum Gasteiger partial charge on any atom is -0.303 e. The zero-order valence-corrected chi connectivity index (χ0v) is 7.89. The van der Waals surface area contributed by atoms with E-state index >= 15 is 0 Å². The first-order chi connectivity index (χ1) is 5.53. The SMILES string of the molecule is C=C1C2CCC(C=O)(C2)C1(C)C. The van der Waals surface area contributed by atoms with Crippen LogP contribution in [-0.4, -0.2) is 6.29 Å². The predicted octanol–water partition coefficient (Wildman–Crippen LogP) is 2.57. The number of fused-ring (bicyclic) bond motifs is 2. The largest absolute Gasteiger partial charge is 0.303 e. The van der Waals surface area contributed by atoms with E-state index in [4.69, 9.17) is 0 Å². The Bertz CT molecular complexity index is 252. The molecule has 1 heteroatoms. The number of hydrogen-bond acceptors (Lipinski definition) is 1. The van der Waals surface area contributed by atoms with Crippen LogP contribution in [0.4, 0.5) is 0 Å². The van der Waals surface area contributed by atoms with Crippen LogP contribution in [-0.2, 0) is 4.79 Å². The molecular weight excluding hydrogens is 148 g/mol. The van der Waals surface area contributed by atoms with Gasteiger partial charge in [0, 0.05) is 5.41 Å². The predicted molar refractivity (Wildman–Crippen MR) is 48.8 cm³/mol. The summed E-state index contributed by atoms with van der Waals surface area (Å²) in [5.41, 5.74) is 1.30. The van der Waals surface area contributed by atoms with Crippen LogP contribution in [0, 0.1) is 16.7 Å². The highest BCUT2D eigenvalue weighted by atomic mass is 16.1. The van der Waals surface area contributed by atoms with Gasteiger partial charge in [-0.1, -0.05) is 26.0 Å². The summed E-state index contributed by atoms with van der Waals surface area (Å²) in [5.74, 6) is 0.630. The summed E-state index contributed by atoms with van der Waals surface area (Å²) >= 11 is 0. The first kappa shape index (κ1) is 8.03. The lowest BCUT2D eigenvalue weighted by Gasteiger charge is -2.39. The second-order valence-corrected chi connectivity index (χ2v) is 4.86. The van der Waals surface area contributed by atoms with Gasteiger partial charge in [-0.3, -0.25) is 0 Å². The molecule has 2 saturated carbocycles. The van der Waals surface area contributed by atoms with E-state index in [1.54, 1.807) is 0 Å². The molecule has 0 spiro atoms. The van der Waals surface area contributed by atoms with E-state index < -0.39 is 0 Å². The van der Waals surface area contributed by atoms with Crippen molar-refractivity contribution < 1.29 is 4.79 Å². The van der Waals surface area contributed by atoms with Gasteiger partial charge in [-0.15, -0.1) is 0 Å². The monoisotopic (exact) mass is 164 g/mol. The van der Waals surface area contributed by atoms with Crippen molar-refractivity contribution in [3.05, 3.63) is 12.2 Å². The third kappa shape index (κ3) is 0.634. The average Bonchev–Trinajstić information content (AvgIpc) is 2.53. The van der Waals surface area contributed by atoms with Crippen molar-refractivity contribution >= 4 is 6.29 Å². The quantitative estimate of drug-likeness (QED) is 0.430. The first-order valence-corrected chi connectivity index (χ1v) is 4.69. The molecule has 0 saturated heterocycles. The summed E-state index contributed by atoms with van der Waals surface area (Å²) in [6.45, 7) is 8.46. The van der Waals surface area contributed by atoms with Crippen molar-refractivity contribution in [3.8, 4) is 0 Å². The van der Waals surface area contributed by atoms with Gasteiger partial charge < -0.3 is 4.79 Å². The van der Waals surface area contributed by atoms with Gasteiger partial charge in [-0.05, 0) is 30.6 Å². The van der Waals surface area contributed by atoms with Gasteiger partial charge in [-0.25, -0.2) is 0 Å². The van der Waals surface area contributed by atoms with Gasteiger partial charge in [0.1, 0.15) is 6.29 Å². The number of rotatable bonds is 1. The number of hydrogen-bond donors (Lipinski definition) is 0. The average molecular weight is 164 g/mol. The van der Waals surface area contributed by atoms with Crippen LogP contribution in [0.1, 0.15) is 33.1 Å². The van der Waals surface area contributed by atoms with Gasteiger partial charge >= 0.3 is 0 Å². The fraction of sp³-hybridized carbons (Fsp3) is 0.727. The molecule has 2 unspecified atom stereocenters. The normalized spacial score (nSPS) is 43.5. The van der Waals surface area contributed by atoms with E-state index in [-0.39, 0.29) is 10.8 Å². The smallest absolute Gasteiger partial charge is 0.127 e. The Morgan fingerprint density at radius 2 is 2.25 bits per heavy atom. The van der Waals surface area contributed by atoms with Crippen molar-refractivity contribution in [2.75, 3.05) is 0 Å². The van der Waals surface area contributed by atoms with E-state index in [1.165, 1.54) is 18.3 Å². The van der Waals surface area contributed by atoms with E-state index in [1.807, 2.05) is 0 Å². The maximum absolute atomic E-state index is 11.1. The van der Waals surface area contributed by atoms with Gasteiger partial charge in [-0.2, -0.15) is 0 Å². The molecule has 0 aromatic heterocycles. The number of aldehydes is 1. The Hall–Kier alpha value is -0.590. The molecule has 0 radical (unpaired) electrons. The lowest BCUT2D eigenvalue weighted by Crippen LogP contribution is -2.35. The van der Waals surface area contributed by atoms with Gasteiger partial charge in [0.25, 0.3) is 0 Å². The molecule has 0 aromatic carbocycles. The molecule has 0 N–H and O–H groups in total. The molecule has 0 aromatic rings. The van der Waals surface area contributed by atoms with E-state index in [0.717, 1.165) is 12.8 Å². The molecule has 12 heavy (non-hydrogen) atoms. The summed E-state index contributed by atoms with van der Waals surface area (Å²) in [7, 11) is 0. The summed E-state index contributed by atoms with van der Waals surface area (Å²) in [6.07, 6.45) is 4.50. The standard InChI is InChI=1S/C11H16O/c1-8-9-4-5-11(6-9,7-12)10(8,2)3/h7,9H,1,4-6H2,2-3H3. The molecular formula is C11H16O. The van der Waals surface area contributed by atoms with Crippen LogP contribution >= 0.6 is 0 Å². The highest BCUT2D eigenvalue weighted by molar-refractivity contribution is 5.65. The molecule has 66 valence electrons. The van der Waals surface area contributed by atoms with Crippen molar-refractivity contribution in [1.82, 2.24) is 0 Å². The van der Waals surface area contributed by atoms with E-state index in [9.17, 15) is 4.79 Å². The van der Waals surface area contributed by atoms with Crippen molar-refractivity contribution in [3.63, 3.8) is 0 Å². The molecule has 2 rings (SSSR count). The number of carbonyl (C=O) groups is 1. The fourth-order valence-corrected chi connectivity index (χ4v) is 3.03. The van der Waals surface area contributed by atoms with Crippen LogP contribution in [0.5, 0.6) is 0 Å². The zero-order valence-electron chi connectivity index (χ0n) is 7.89. The van der Waals surface area contributed by atoms with Crippen LogP contribution < -0.4 is 0 Å². The second kappa shape index (κ2) is 2.01. The van der Waals surface area contributed by atoms with Crippen LogP contribution in [0.25, 0.3) is 0 Å². The van der Waals surface area contributed by atoms with E-state index in [2.05, 4.69) is 20.4 Å². The van der Waals surface area contributed by atoms with E-state index in [0.29, 0.717) is 5.92 Å². The Morgan fingerprint density at radius 1 is 1.58 bits per heavy atom. The van der Waals surface area contributed by atoms with Gasteiger partial charge in [0.2, 0.25) is 0 Å². The minimum atomic E-state index is -0.0608. The Morgan fingerprint density at radius 3 is 2.58 bits per heavy atom. The second-order valence-electron chi connectivity index (χ2n) is 4.86. The molecule has 2 aliphatic carbocycles.